The Labute approximate surface area is 137 Å². The van der Waals surface area contributed by atoms with E-state index in [2.05, 4.69) is 4.98 Å². The van der Waals surface area contributed by atoms with Gasteiger partial charge in [0, 0.05) is 0 Å². The molecular formula is C11H12Cl5NO2. The van der Waals surface area contributed by atoms with Crippen LogP contribution < -0.4 is 9.47 Å². The molecule has 0 fully saturated rings. The Morgan fingerprint density at radius 1 is 1.16 bits per heavy atom. The minimum absolute atomic E-state index is 0.0203. The Morgan fingerprint density at radius 2 is 1.79 bits per heavy atom. The second-order valence-corrected chi connectivity index (χ2v) is 6.66. The Hall–Kier alpha value is 0.200. The summed E-state index contributed by atoms with van der Waals surface area (Å²) >= 11 is 29.6. The first kappa shape index (κ1) is 17.3. The van der Waals surface area contributed by atoms with Crippen LogP contribution in [0.15, 0.2) is 0 Å². The van der Waals surface area contributed by atoms with Gasteiger partial charge in [-0.05, 0) is 6.42 Å². The molecule has 0 aliphatic heterocycles. The van der Waals surface area contributed by atoms with Crippen LogP contribution in [-0.2, 0) is 3.79 Å². The van der Waals surface area contributed by atoms with E-state index in [4.69, 9.17) is 67.5 Å². The summed E-state index contributed by atoms with van der Waals surface area (Å²) in [5.41, 5.74) is 0.0203. The van der Waals surface area contributed by atoms with E-state index < -0.39 is 3.79 Å². The van der Waals surface area contributed by atoms with Crippen molar-refractivity contribution in [1.82, 2.24) is 4.98 Å². The van der Waals surface area contributed by atoms with Crippen LogP contribution in [-0.4, -0.2) is 18.7 Å². The van der Waals surface area contributed by atoms with Crippen LogP contribution in [0.2, 0.25) is 10.0 Å². The van der Waals surface area contributed by atoms with E-state index in [0.717, 1.165) is 12.8 Å². The zero-order valence-corrected chi connectivity index (χ0v) is 14.1. The smallest absolute Gasteiger partial charge is 0.236 e. The lowest BCUT2D eigenvalue weighted by Gasteiger charge is -2.18. The molecule has 1 rings (SSSR count). The number of hydrogen-bond acceptors (Lipinski definition) is 3. The zero-order chi connectivity index (χ0) is 14.6. The fraction of sp³-hybridized carbons (Fsp3) is 0.545. The van der Waals surface area contributed by atoms with Gasteiger partial charge in [0.25, 0.3) is 0 Å². The molecule has 1 aromatic heterocycles. The van der Waals surface area contributed by atoms with Crippen molar-refractivity contribution in [2.75, 3.05) is 13.7 Å². The van der Waals surface area contributed by atoms with Gasteiger partial charge in [-0.1, -0.05) is 71.3 Å². The highest BCUT2D eigenvalue weighted by molar-refractivity contribution is 6.67. The minimum atomic E-state index is -1.79. The van der Waals surface area contributed by atoms with Gasteiger partial charge in [-0.3, -0.25) is 0 Å². The number of unbranched alkanes of at least 4 members (excludes halogenated alkanes) is 1. The van der Waals surface area contributed by atoms with Gasteiger partial charge in [-0.2, -0.15) is 0 Å². The Morgan fingerprint density at radius 3 is 2.26 bits per heavy atom. The van der Waals surface area contributed by atoms with Crippen molar-refractivity contribution in [3.8, 4) is 11.6 Å². The van der Waals surface area contributed by atoms with Gasteiger partial charge in [0.15, 0.2) is 5.75 Å². The average Bonchev–Trinajstić information content (AvgIpc) is 2.32. The van der Waals surface area contributed by atoms with Crippen LogP contribution in [0.4, 0.5) is 0 Å². The molecule has 0 saturated heterocycles. The molecule has 0 bridgehead atoms. The van der Waals surface area contributed by atoms with Gasteiger partial charge in [-0.15, -0.1) is 0 Å². The molecule has 8 heteroatoms. The summed E-state index contributed by atoms with van der Waals surface area (Å²) in [4.78, 5) is 3.99. The lowest BCUT2D eigenvalue weighted by atomic mass is 10.3. The maximum Gasteiger partial charge on any atom is 0.236 e. The van der Waals surface area contributed by atoms with E-state index in [-0.39, 0.29) is 27.4 Å². The maximum absolute atomic E-state index is 6.13. The number of aromatic nitrogens is 1. The van der Waals surface area contributed by atoms with E-state index in [1.807, 2.05) is 6.92 Å². The van der Waals surface area contributed by atoms with E-state index in [9.17, 15) is 0 Å². The number of ether oxygens (including phenoxy) is 2. The van der Waals surface area contributed by atoms with Gasteiger partial charge in [0.1, 0.15) is 15.7 Å². The van der Waals surface area contributed by atoms with Crippen LogP contribution >= 0.6 is 58.0 Å². The molecular weight excluding hydrogens is 355 g/mol. The molecule has 19 heavy (non-hydrogen) atoms. The van der Waals surface area contributed by atoms with Crippen LogP contribution in [0.1, 0.15) is 25.5 Å². The first-order valence-corrected chi connectivity index (χ1v) is 7.34. The zero-order valence-electron chi connectivity index (χ0n) is 10.3. The lowest BCUT2D eigenvalue weighted by Crippen LogP contribution is -2.09. The summed E-state index contributed by atoms with van der Waals surface area (Å²) in [6.45, 7) is 2.48. The molecule has 0 amide bonds. The van der Waals surface area contributed by atoms with Crippen molar-refractivity contribution in [3.05, 3.63) is 15.7 Å². The first-order valence-electron chi connectivity index (χ1n) is 5.45. The molecule has 3 nitrogen and oxygen atoms in total. The van der Waals surface area contributed by atoms with Crippen LogP contribution in [0.5, 0.6) is 11.6 Å². The molecule has 0 spiro atoms. The summed E-state index contributed by atoms with van der Waals surface area (Å²) in [6.07, 6.45) is 1.81. The Kier molecular flexibility index (Phi) is 6.61. The third-order valence-electron chi connectivity index (χ3n) is 2.21. The number of hydrogen-bond donors (Lipinski definition) is 0. The Balaban J connectivity index is 3.26. The largest absolute Gasteiger partial charge is 0.490 e. The van der Waals surface area contributed by atoms with Gasteiger partial charge in [-0.25, -0.2) is 4.98 Å². The van der Waals surface area contributed by atoms with Crippen molar-refractivity contribution >= 4 is 58.0 Å². The molecule has 0 unspecified atom stereocenters. The number of halogens is 5. The normalized spacial score (nSPS) is 11.5. The first-order chi connectivity index (χ1) is 8.82. The van der Waals surface area contributed by atoms with E-state index in [1.165, 1.54) is 7.11 Å². The molecule has 0 aromatic carbocycles. The van der Waals surface area contributed by atoms with Crippen molar-refractivity contribution in [3.63, 3.8) is 0 Å². The standard InChI is InChI=1S/C11H12Cl5NO2/c1-3-4-5-19-8-6(12)9(11(14,15)16)17-10(18-2)7(8)13/h3-5H2,1-2H3. The molecule has 0 saturated carbocycles. The fourth-order valence-corrected chi connectivity index (χ4v) is 2.47. The quantitative estimate of drug-likeness (QED) is 0.515. The molecule has 0 atom stereocenters. The summed E-state index contributed by atoms with van der Waals surface area (Å²) in [5.74, 6) is 0.309. The van der Waals surface area contributed by atoms with E-state index in [0.29, 0.717) is 6.61 Å². The molecule has 1 aromatic rings. The summed E-state index contributed by atoms with van der Waals surface area (Å²) in [6, 6.07) is 0. The molecule has 0 aliphatic rings. The number of nitrogens with zero attached hydrogens (tertiary/aromatic N) is 1. The number of rotatable bonds is 5. The third-order valence-corrected chi connectivity index (χ3v) is 3.43. The number of pyridine rings is 1. The third kappa shape index (κ3) is 4.33. The predicted molar refractivity (Wildman–Crippen MR) is 80.4 cm³/mol. The summed E-state index contributed by atoms with van der Waals surface area (Å²) in [7, 11) is 1.40. The number of methoxy groups -OCH3 is 1. The SMILES string of the molecule is CCCCOc1c(Cl)c(OC)nc(C(Cl)(Cl)Cl)c1Cl. The Bertz CT molecular complexity index is 448. The molecule has 0 aliphatic carbocycles. The maximum atomic E-state index is 6.13. The number of alkyl halides is 3. The molecule has 1 heterocycles. The van der Waals surface area contributed by atoms with Crippen LogP contribution in [0, 0.1) is 0 Å². The van der Waals surface area contributed by atoms with Crippen molar-refractivity contribution < 1.29 is 9.47 Å². The highest BCUT2D eigenvalue weighted by Gasteiger charge is 2.32. The molecule has 0 N–H and O–H groups in total. The average molecular weight is 367 g/mol. The molecule has 0 radical (unpaired) electrons. The highest BCUT2D eigenvalue weighted by atomic mass is 35.6. The van der Waals surface area contributed by atoms with Gasteiger partial charge in [0.05, 0.1) is 13.7 Å². The van der Waals surface area contributed by atoms with Gasteiger partial charge >= 0.3 is 0 Å². The van der Waals surface area contributed by atoms with E-state index in [1.54, 1.807) is 0 Å². The summed E-state index contributed by atoms with van der Waals surface area (Å²) in [5, 5.41) is 0.225. The predicted octanol–water partition coefficient (Wildman–Crippen LogP) is 5.40. The fourth-order valence-electron chi connectivity index (χ4n) is 1.27. The highest BCUT2D eigenvalue weighted by Crippen LogP contribution is 2.48. The second-order valence-electron chi connectivity index (χ2n) is 3.63. The van der Waals surface area contributed by atoms with Crippen molar-refractivity contribution in [2.45, 2.75) is 23.6 Å². The topological polar surface area (TPSA) is 31.4 Å². The van der Waals surface area contributed by atoms with Gasteiger partial charge in [0.2, 0.25) is 9.67 Å². The summed E-state index contributed by atoms with van der Waals surface area (Å²) < 4.78 is 8.76. The second kappa shape index (κ2) is 7.28. The monoisotopic (exact) mass is 365 g/mol. The van der Waals surface area contributed by atoms with Crippen molar-refractivity contribution in [2.24, 2.45) is 0 Å². The molecule has 108 valence electrons. The van der Waals surface area contributed by atoms with Crippen molar-refractivity contribution in [1.29, 1.82) is 0 Å². The van der Waals surface area contributed by atoms with Crippen LogP contribution in [0.3, 0.4) is 0 Å². The van der Waals surface area contributed by atoms with Crippen LogP contribution in [0.25, 0.3) is 0 Å². The minimum Gasteiger partial charge on any atom is -0.490 e. The lowest BCUT2D eigenvalue weighted by molar-refractivity contribution is 0.305. The van der Waals surface area contributed by atoms with E-state index >= 15 is 0 Å². The van der Waals surface area contributed by atoms with Gasteiger partial charge < -0.3 is 9.47 Å².